The zero-order valence-electron chi connectivity index (χ0n) is 23.0. The Morgan fingerprint density at radius 2 is 1.90 bits per heavy atom. The molecule has 0 spiro atoms. The fourth-order valence-corrected chi connectivity index (χ4v) is 6.85. The van der Waals surface area contributed by atoms with E-state index in [-0.39, 0.29) is 18.3 Å². The van der Waals surface area contributed by atoms with Gasteiger partial charge in [0.1, 0.15) is 5.75 Å². The molecule has 0 radical (unpaired) electrons. The number of allylic oxidation sites excluding steroid dienone is 1. The molecule has 2 heterocycles. The van der Waals surface area contributed by atoms with Gasteiger partial charge in [0.25, 0.3) is 5.56 Å². The molecule has 0 saturated carbocycles. The third-order valence-corrected chi connectivity index (χ3v) is 8.03. The first kappa shape index (κ1) is 30.1. The third kappa shape index (κ3) is 6.06. The summed E-state index contributed by atoms with van der Waals surface area (Å²) in [6.45, 7) is 9.90. The average Bonchev–Trinajstić information content (AvgIpc) is 3.19. The molecular formula is C29H30Br2N2O6S. The van der Waals surface area contributed by atoms with E-state index >= 15 is 0 Å². The quantitative estimate of drug-likeness (QED) is 0.275. The Balaban J connectivity index is 1.97. The van der Waals surface area contributed by atoms with Gasteiger partial charge >= 0.3 is 5.97 Å². The van der Waals surface area contributed by atoms with Crippen LogP contribution in [0.4, 0.5) is 0 Å². The van der Waals surface area contributed by atoms with Crippen molar-refractivity contribution in [3.05, 3.63) is 81.4 Å². The van der Waals surface area contributed by atoms with Crippen LogP contribution in [-0.2, 0) is 9.53 Å². The van der Waals surface area contributed by atoms with Crippen LogP contribution in [0.15, 0.2) is 60.3 Å². The molecule has 11 heteroatoms. The summed E-state index contributed by atoms with van der Waals surface area (Å²) in [6, 6.07) is 8.41. The number of ether oxygens (including phenoxy) is 4. The van der Waals surface area contributed by atoms with Gasteiger partial charge < -0.3 is 18.9 Å². The van der Waals surface area contributed by atoms with Gasteiger partial charge in [-0.05, 0) is 86.5 Å². The lowest BCUT2D eigenvalue weighted by molar-refractivity contribution is -0.139. The number of carbonyl (C=O) groups excluding carboxylic acids is 1. The SMILES string of the molecule is CCOC(=O)C1=C(C)N=c2s/c(=C/c3cc(Br)cc(Br)c3OCC)c(=O)n2[C@@H]1c1ccc(OC(C)C)c(OC)c1. The Morgan fingerprint density at radius 3 is 2.55 bits per heavy atom. The molecule has 212 valence electrons. The second kappa shape index (κ2) is 12.7. The smallest absolute Gasteiger partial charge is 0.338 e. The maximum absolute atomic E-state index is 14.0. The van der Waals surface area contributed by atoms with Gasteiger partial charge in [0.05, 0.1) is 52.7 Å². The summed E-state index contributed by atoms with van der Waals surface area (Å²) in [4.78, 5) is 32.4. The molecule has 0 fully saturated rings. The second-order valence-corrected chi connectivity index (χ2v) is 11.9. The van der Waals surface area contributed by atoms with E-state index < -0.39 is 12.0 Å². The predicted molar refractivity (Wildman–Crippen MR) is 162 cm³/mol. The zero-order valence-corrected chi connectivity index (χ0v) is 27.0. The highest BCUT2D eigenvalue weighted by Gasteiger charge is 2.34. The van der Waals surface area contributed by atoms with E-state index in [1.807, 2.05) is 39.0 Å². The minimum absolute atomic E-state index is 0.0608. The van der Waals surface area contributed by atoms with Crippen molar-refractivity contribution in [2.24, 2.45) is 4.99 Å². The van der Waals surface area contributed by atoms with Crippen molar-refractivity contribution in [2.45, 2.75) is 46.8 Å². The Kier molecular flexibility index (Phi) is 9.58. The van der Waals surface area contributed by atoms with Crippen molar-refractivity contribution in [1.82, 2.24) is 4.57 Å². The number of fused-ring (bicyclic) bond motifs is 1. The van der Waals surface area contributed by atoms with E-state index in [0.29, 0.717) is 50.0 Å². The number of hydrogen-bond donors (Lipinski definition) is 0. The molecule has 1 atom stereocenters. The number of thiazole rings is 1. The van der Waals surface area contributed by atoms with Crippen molar-refractivity contribution in [2.75, 3.05) is 20.3 Å². The lowest BCUT2D eigenvalue weighted by atomic mass is 9.95. The van der Waals surface area contributed by atoms with Crippen molar-refractivity contribution < 1.29 is 23.7 Å². The molecule has 1 aliphatic heterocycles. The van der Waals surface area contributed by atoms with Crippen molar-refractivity contribution >= 4 is 55.2 Å². The molecule has 8 nitrogen and oxygen atoms in total. The summed E-state index contributed by atoms with van der Waals surface area (Å²) < 4.78 is 26.3. The molecule has 0 aliphatic carbocycles. The van der Waals surface area contributed by atoms with Crippen molar-refractivity contribution in [3.8, 4) is 17.2 Å². The first-order chi connectivity index (χ1) is 19.1. The lowest BCUT2D eigenvalue weighted by Crippen LogP contribution is -2.40. The number of aromatic nitrogens is 1. The van der Waals surface area contributed by atoms with E-state index in [4.69, 9.17) is 18.9 Å². The van der Waals surface area contributed by atoms with Gasteiger partial charge in [-0.1, -0.05) is 33.3 Å². The number of hydrogen-bond acceptors (Lipinski definition) is 8. The fraction of sp³-hybridized carbons (Fsp3) is 0.345. The van der Waals surface area contributed by atoms with Gasteiger partial charge in [-0.15, -0.1) is 0 Å². The Hall–Kier alpha value is -2.89. The van der Waals surface area contributed by atoms with Crippen LogP contribution in [-0.4, -0.2) is 37.0 Å². The Bertz CT molecular complexity index is 1660. The Morgan fingerprint density at radius 1 is 1.15 bits per heavy atom. The van der Waals surface area contributed by atoms with Crippen LogP contribution in [0.2, 0.25) is 0 Å². The van der Waals surface area contributed by atoms with Crippen LogP contribution >= 0.6 is 43.2 Å². The van der Waals surface area contributed by atoms with E-state index in [9.17, 15) is 9.59 Å². The van der Waals surface area contributed by atoms with E-state index in [0.717, 1.165) is 14.5 Å². The second-order valence-electron chi connectivity index (χ2n) is 9.12. The number of rotatable bonds is 9. The van der Waals surface area contributed by atoms with Crippen molar-refractivity contribution in [1.29, 1.82) is 0 Å². The summed E-state index contributed by atoms with van der Waals surface area (Å²) in [5, 5.41) is 0. The predicted octanol–water partition coefficient (Wildman–Crippen LogP) is 5.52. The highest BCUT2D eigenvalue weighted by Crippen LogP contribution is 2.37. The van der Waals surface area contributed by atoms with Crippen molar-refractivity contribution in [3.63, 3.8) is 0 Å². The van der Waals surface area contributed by atoms with Gasteiger partial charge in [0.15, 0.2) is 16.3 Å². The molecule has 0 saturated heterocycles. The summed E-state index contributed by atoms with van der Waals surface area (Å²) in [5.74, 6) is 1.16. The third-order valence-electron chi connectivity index (χ3n) is 6.00. The van der Waals surface area contributed by atoms with Crippen LogP contribution in [0.1, 0.15) is 51.8 Å². The average molecular weight is 694 g/mol. The monoisotopic (exact) mass is 692 g/mol. The first-order valence-electron chi connectivity index (χ1n) is 12.8. The topological polar surface area (TPSA) is 88.4 Å². The molecule has 2 aromatic carbocycles. The fourth-order valence-electron chi connectivity index (χ4n) is 4.44. The number of benzene rings is 2. The summed E-state index contributed by atoms with van der Waals surface area (Å²) in [6.07, 6.45) is 1.72. The van der Waals surface area contributed by atoms with Crippen LogP contribution in [0.5, 0.6) is 17.2 Å². The molecule has 0 amide bonds. The largest absolute Gasteiger partial charge is 0.493 e. The van der Waals surface area contributed by atoms with E-state index in [1.54, 1.807) is 43.7 Å². The number of methoxy groups -OCH3 is 1. The van der Waals surface area contributed by atoms with Crippen LogP contribution in [0.3, 0.4) is 0 Å². The lowest BCUT2D eigenvalue weighted by Gasteiger charge is -2.25. The van der Waals surface area contributed by atoms with Gasteiger partial charge in [-0.25, -0.2) is 9.79 Å². The molecule has 1 aromatic heterocycles. The zero-order chi connectivity index (χ0) is 29.1. The molecular weight excluding hydrogens is 664 g/mol. The summed E-state index contributed by atoms with van der Waals surface area (Å²) in [7, 11) is 1.55. The van der Waals surface area contributed by atoms with E-state index in [2.05, 4.69) is 36.9 Å². The molecule has 3 aromatic rings. The highest BCUT2D eigenvalue weighted by atomic mass is 79.9. The molecule has 0 N–H and O–H groups in total. The first-order valence-corrected chi connectivity index (χ1v) is 15.2. The molecule has 0 unspecified atom stereocenters. The van der Waals surface area contributed by atoms with Gasteiger partial charge in [-0.2, -0.15) is 0 Å². The minimum Gasteiger partial charge on any atom is -0.493 e. The van der Waals surface area contributed by atoms with Gasteiger partial charge in [0, 0.05) is 10.0 Å². The number of halogens is 2. The van der Waals surface area contributed by atoms with Crippen LogP contribution in [0, 0.1) is 0 Å². The van der Waals surface area contributed by atoms with Crippen LogP contribution < -0.4 is 29.1 Å². The minimum atomic E-state index is -0.778. The van der Waals surface area contributed by atoms with E-state index in [1.165, 1.54) is 11.3 Å². The maximum atomic E-state index is 14.0. The summed E-state index contributed by atoms with van der Waals surface area (Å²) in [5.41, 5.74) is 1.88. The summed E-state index contributed by atoms with van der Waals surface area (Å²) >= 11 is 8.32. The van der Waals surface area contributed by atoms with Gasteiger partial charge in [-0.3, -0.25) is 9.36 Å². The number of carbonyl (C=O) groups is 1. The number of esters is 1. The molecule has 4 rings (SSSR count). The molecule has 1 aliphatic rings. The highest BCUT2D eigenvalue weighted by molar-refractivity contribution is 9.11. The normalized spacial score (nSPS) is 15.1. The molecule has 0 bridgehead atoms. The maximum Gasteiger partial charge on any atom is 0.338 e. The number of nitrogens with zero attached hydrogens (tertiary/aromatic N) is 2. The Labute approximate surface area is 253 Å². The van der Waals surface area contributed by atoms with Crippen LogP contribution in [0.25, 0.3) is 6.08 Å². The standard InChI is InChI=1S/C29H30Br2N2O6S/c1-7-37-26-18(11-19(30)14-20(26)31)13-23-27(34)33-25(17-9-10-21(39-15(3)4)22(12-17)36-6)24(28(35)38-8-2)16(5)32-29(33)40-23/h9-15,25H,7-8H2,1-6H3/b23-13+/t25-/m1/s1. The molecule has 40 heavy (non-hydrogen) atoms. The van der Waals surface area contributed by atoms with Gasteiger partial charge in [0.2, 0.25) is 0 Å².